The smallest absolute Gasteiger partial charge is 0.326 e. The van der Waals surface area contributed by atoms with Crippen molar-refractivity contribution in [3.05, 3.63) is 29.8 Å². The van der Waals surface area contributed by atoms with Gasteiger partial charge in [0.1, 0.15) is 6.04 Å². The van der Waals surface area contributed by atoms with Crippen LogP contribution >= 0.6 is 0 Å². The van der Waals surface area contributed by atoms with E-state index in [0.29, 0.717) is 5.69 Å². The zero-order valence-electron chi connectivity index (χ0n) is 11.7. The average molecular weight is 264 g/mol. The number of carboxylic acids is 1. The van der Waals surface area contributed by atoms with E-state index in [1.54, 1.807) is 26.8 Å². The number of nitrogens with one attached hydrogen (secondary N) is 2. The predicted octanol–water partition coefficient (Wildman–Crippen LogP) is 2.62. The van der Waals surface area contributed by atoms with Crippen molar-refractivity contribution in [1.82, 2.24) is 5.32 Å². The minimum Gasteiger partial charge on any atom is -0.480 e. The lowest BCUT2D eigenvalue weighted by Gasteiger charge is -2.27. The van der Waals surface area contributed by atoms with E-state index in [0.717, 1.165) is 5.56 Å². The number of rotatable bonds is 3. The minimum atomic E-state index is -1.05. The van der Waals surface area contributed by atoms with Gasteiger partial charge in [-0.15, -0.1) is 0 Å². The highest BCUT2D eigenvalue weighted by atomic mass is 16.4. The van der Waals surface area contributed by atoms with Crippen LogP contribution in [0.1, 0.15) is 26.3 Å². The third-order valence-electron chi connectivity index (χ3n) is 2.66. The van der Waals surface area contributed by atoms with E-state index in [1.807, 2.05) is 25.1 Å². The molecule has 0 aromatic heterocycles. The molecule has 3 N–H and O–H groups in total. The summed E-state index contributed by atoms with van der Waals surface area (Å²) < 4.78 is 0. The Morgan fingerprint density at radius 2 is 1.89 bits per heavy atom. The number of aryl methyl sites for hydroxylation is 1. The van der Waals surface area contributed by atoms with Crippen LogP contribution in [0.5, 0.6) is 0 Å². The van der Waals surface area contributed by atoms with Gasteiger partial charge in [0, 0.05) is 5.69 Å². The van der Waals surface area contributed by atoms with Crippen molar-refractivity contribution in [2.24, 2.45) is 5.41 Å². The lowest BCUT2D eigenvalue weighted by molar-refractivity contribution is -0.141. The van der Waals surface area contributed by atoms with Gasteiger partial charge in [-0.1, -0.05) is 32.9 Å². The fraction of sp³-hybridized carbons (Fsp3) is 0.429. The molecule has 1 atom stereocenters. The number of carbonyl (C=O) groups excluding carboxylic acids is 1. The zero-order chi connectivity index (χ0) is 14.6. The van der Waals surface area contributed by atoms with E-state index in [4.69, 9.17) is 5.11 Å². The van der Waals surface area contributed by atoms with Gasteiger partial charge in [0.15, 0.2) is 0 Å². The molecule has 2 amide bonds. The molecule has 104 valence electrons. The van der Waals surface area contributed by atoms with Crippen LogP contribution in [-0.2, 0) is 4.79 Å². The lowest BCUT2D eigenvalue weighted by Crippen LogP contribution is -2.50. The molecule has 5 heteroatoms. The molecule has 0 aliphatic heterocycles. The molecule has 0 bridgehead atoms. The summed E-state index contributed by atoms with van der Waals surface area (Å²) in [5.74, 6) is -1.05. The first kappa shape index (κ1) is 15.0. The summed E-state index contributed by atoms with van der Waals surface area (Å²) in [7, 11) is 0. The Bertz CT molecular complexity index is 478. The van der Waals surface area contributed by atoms with Crippen LogP contribution in [0.3, 0.4) is 0 Å². The highest BCUT2D eigenvalue weighted by molar-refractivity contribution is 5.92. The topological polar surface area (TPSA) is 78.4 Å². The largest absolute Gasteiger partial charge is 0.480 e. The first-order valence-electron chi connectivity index (χ1n) is 6.07. The second-order valence-electron chi connectivity index (χ2n) is 5.61. The first-order valence-corrected chi connectivity index (χ1v) is 6.07. The molecule has 0 unspecified atom stereocenters. The third kappa shape index (κ3) is 4.62. The van der Waals surface area contributed by atoms with Gasteiger partial charge in [-0.3, -0.25) is 0 Å². The van der Waals surface area contributed by atoms with Crippen molar-refractivity contribution < 1.29 is 14.7 Å². The Morgan fingerprint density at radius 1 is 1.26 bits per heavy atom. The van der Waals surface area contributed by atoms with Gasteiger partial charge in [0.2, 0.25) is 0 Å². The van der Waals surface area contributed by atoms with Crippen LogP contribution in [0.25, 0.3) is 0 Å². The molecule has 1 rings (SSSR count). The van der Waals surface area contributed by atoms with Crippen molar-refractivity contribution in [2.75, 3.05) is 5.32 Å². The first-order chi connectivity index (χ1) is 8.70. The normalized spacial score (nSPS) is 12.6. The van der Waals surface area contributed by atoms with Gasteiger partial charge in [-0.25, -0.2) is 9.59 Å². The average Bonchev–Trinajstić information content (AvgIpc) is 2.24. The van der Waals surface area contributed by atoms with E-state index >= 15 is 0 Å². The summed E-state index contributed by atoms with van der Waals surface area (Å²) in [6, 6.07) is 5.83. The van der Waals surface area contributed by atoms with E-state index in [2.05, 4.69) is 10.6 Å². The number of amides is 2. The molecule has 0 saturated heterocycles. The van der Waals surface area contributed by atoms with Crippen molar-refractivity contribution in [3.63, 3.8) is 0 Å². The molecule has 5 nitrogen and oxygen atoms in total. The third-order valence-corrected chi connectivity index (χ3v) is 2.66. The maximum absolute atomic E-state index is 11.8. The molecule has 0 aliphatic carbocycles. The van der Waals surface area contributed by atoms with Crippen molar-refractivity contribution in [2.45, 2.75) is 33.7 Å². The maximum Gasteiger partial charge on any atom is 0.326 e. The Hall–Kier alpha value is -2.04. The molecule has 0 fully saturated rings. The number of hydrogen-bond acceptors (Lipinski definition) is 2. The predicted molar refractivity (Wildman–Crippen MR) is 74.2 cm³/mol. The Kier molecular flexibility index (Phi) is 4.53. The van der Waals surface area contributed by atoms with Gasteiger partial charge in [-0.2, -0.15) is 0 Å². The number of carbonyl (C=O) groups is 2. The molecule has 0 radical (unpaired) electrons. The van der Waals surface area contributed by atoms with Gasteiger partial charge in [-0.05, 0) is 30.0 Å². The quantitative estimate of drug-likeness (QED) is 0.785. The Labute approximate surface area is 113 Å². The molecule has 0 aliphatic rings. The number of aliphatic carboxylic acids is 1. The van der Waals surface area contributed by atoms with Crippen LogP contribution in [0, 0.1) is 12.3 Å². The second-order valence-corrected chi connectivity index (χ2v) is 5.61. The van der Waals surface area contributed by atoms with Gasteiger partial charge < -0.3 is 15.7 Å². The van der Waals surface area contributed by atoms with Gasteiger partial charge in [0.05, 0.1) is 0 Å². The monoisotopic (exact) mass is 264 g/mol. The maximum atomic E-state index is 11.8. The fourth-order valence-corrected chi connectivity index (χ4v) is 1.67. The standard InChI is InChI=1S/C14H20N2O3/c1-9-6-5-7-10(8-9)15-13(19)16-11(12(17)18)14(2,3)4/h5-8,11H,1-4H3,(H,17,18)(H2,15,16,19)/t11-/m0/s1. The highest BCUT2D eigenvalue weighted by Crippen LogP contribution is 2.19. The highest BCUT2D eigenvalue weighted by Gasteiger charge is 2.32. The zero-order valence-corrected chi connectivity index (χ0v) is 11.7. The summed E-state index contributed by atoms with van der Waals surface area (Å²) in [5.41, 5.74) is 1.09. The van der Waals surface area contributed by atoms with Gasteiger partial charge >= 0.3 is 12.0 Å². The second kappa shape index (κ2) is 5.73. The number of hydrogen-bond donors (Lipinski definition) is 3. The van der Waals surface area contributed by atoms with Crippen molar-refractivity contribution in [3.8, 4) is 0 Å². The Morgan fingerprint density at radius 3 is 2.37 bits per heavy atom. The summed E-state index contributed by atoms with van der Waals surface area (Å²) in [4.78, 5) is 22.9. The summed E-state index contributed by atoms with van der Waals surface area (Å²) in [6.07, 6.45) is 0. The number of carboxylic acid groups (broad SMARTS) is 1. The SMILES string of the molecule is Cc1cccc(NC(=O)N[C@@H](C(=O)O)C(C)(C)C)c1. The Balaban J connectivity index is 2.71. The van der Waals surface area contributed by atoms with E-state index < -0.39 is 23.5 Å². The van der Waals surface area contributed by atoms with Crippen LogP contribution in [-0.4, -0.2) is 23.1 Å². The fourth-order valence-electron chi connectivity index (χ4n) is 1.67. The molecule has 0 spiro atoms. The molecule has 19 heavy (non-hydrogen) atoms. The van der Waals surface area contributed by atoms with E-state index in [1.165, 1.54) is 0 Å². The number of benzene rings is 1. The molecule has 1 aromatic carbocycles. The van der Waals surface area contributed by atoms with E-state index in [9.17, 15) is 9.59 Å². The summed E-state index contributed by atoms with van der Waals surface area (Å²) in [6.45, 7) is 7.20. The summed E-state index contributed by atoms with van der Waals surface area (Å²) in [5, 5.41) is 14.2. The van der Waals surface area contributed by atoms with Crippen molar-refractivity contribution >= 4 is 17.7 Å². The van der Waals surface area contributed by atoms with Crippen LogP contribution < -0.4 is 10.6 Å². The molecule has 1 aromatic rings. The van der Waals surface area contributed by atoms with Crippen LogP contribution in [0.4, 0.5) is 10.5 Å². The minimum absolute atomic E-state index is 0.520. The van der Waals surface area contributed by atoms with Crippen molar-refractivity contribution in [1.29, 1.82) is 0 Å². The summed E-state index contributed by atoms with van der Waals surface area (Å²) >= 11 is 0. The lowest BCUT2D eigenvalue weighted by atomic mass is 9.87. The van der Waals surface area contributed by atoms with Gasteiger partial charge in [0.25, 0.3) is 0 Å². The number of anilines is 1. The molecule has 0 saturated carbocycles. The van der Waals surface area contributed by atoms with Crippen LogP contribution in [0.15, 0.2) is 24.3 Å². The number of urea groups is 1. The molecular weight excluding hydrogens is 244 g/mol. The molecular formula is C14H20N2O3. The molecule has 0 heterocycles. The van der Waals surface area contributed by atoms with Crippen LogP contribution in [0.2, 0.25) is 0 Å². The van der Waals surface area contributed by atoms with E-state index in [-0.39, 0.29) is 0 Å².